The molecule has 0 radical (unpaired) electrons. The van der Waals surface area contributed by atoms with Crippen molar-refractivity contribution in [3.05, 3.63) is 100 Å². The van der Waals surface area contributed by atoms with Crippen molar-refractivity contribution in [3.63, 3.8) is 0 Å². The number of hydrogen-bond donors (Lipinski definition) is 2. The van der Waals surface area contributed by atoms with E-state index in [1.807, 2.05) is 71.2 Å². The highest BCUT2D eigenvalue weighted by molar-refractivity contribution is 9.10. The van der Waals surface area contributed by atoms with Crippen LogP contribution in [0.3, 0.4) is 0 Å². The van der Waals surface area contributed by atoms with Gasteiger partial charge in [0, 0.05) is 33.5 Å². The lowest BCUT2D eigenvalue weighted by molar-refractivity contribution is 0.102. The summed E-state index contributed by atoms with van der Waals surface area (Å²) in [6.45, 7) is 1.41. The second-order valence-corrected chi connectivity index (χ2v) is 10.3. The lowest BCUT2D eigenvalue weighted by atomic mass is 9.98. The maximum atomic E-state index is 13.9. The molecule has 8 heteroatoms. The van der Waals surface area contributed by atoms with E-state index in [4.69, 9.17) is 9.84 Å². The first kappa shape index (κ1) is 24.3. The number of carbonyl (C=O) groups is 1. The molecule has 1 aliphatic rings. The number of nitrogens with zero attached hydrogens (tertiary/aromatic N) is 3. The molecule has 0 unspecified atom stereocenters. The highest BCUT2D eigenvalue weighted by Crippen LogP contribution is 2.37. The average molecular weight is 570 g/mol. The van der Waals surface area contributed by atoms with Gasteiger partial charge in [-0.1, -0.05) is 46.3 Å². The number of aromatic nitrogens is 3. The second kappa shape index (κ2) is 10.4. The zero-order chi connectivity index (χ0) is 26.1. The van der Waals surface area contributed by atoms with E-state index in [0.717, 1.165) is 70.0 Å². The van der Waals surface area contributed by atoms with Gasteiger partial charge in [-0.2, -0.15) is 5.10 Å². The summed E-state index contributed by atoms with van der Waals surface area (Å²) >= 11 is 3.47. The molecule has 5 aromatic rings. The topological polar surface area (TPSA) is 72.6 Å². The molecule has 0 saturated heterocycles. The predicted octanol–water partition coefficient (Wildman–Crippen LogP) is 6.77. The molecular weight excluding hydrogens is 542 g/mol. The Morgan fingerprint density at radius 1 is 0.974 bits per heavy atom. The number of rotatable bonds is 7. The highest BCUT2D eigenvalue weighted by atomic mass is 79.9. The second-order valence-electron chi connectivity index (χ2n) is 9.37. The summed E-state index contributed by atoms with van der Waals surface area (Å²) in [7, 11) is 1.66. The molecule has 2 N–H and O–H groups in total. The molecule has 3 heterocycles. The molecule has 6 rings (SSSR count). The number of hydrogen-bond acceptors (Lipinski definition) is 4. The first-order valence-electron chi connectivity index (χ1n) is 12.8. The van der Waals surface area contributed by atoms with Gasteiger partial charge in [-0.25, -0.2) is 4.52 Å². The molecule has 192 valence electrons. The van der Waals surface area contributed by atoms with Crippen LogP contribution in [0.5, 0.6) is 5.75 Å². The Kier molecular flexibility index (Phi) is 6.64. The van der Waals surface area contributed by atoms with E-state index in [-0.39, 0.29) is 5.91 Å². The Balaban J connectivity index is 1.45. The molecule has 0 bridgehead atoms. The first-order valence-corrected chi connectivity index (χ1v) is 13.5. The summed E-state index contributed by atoms with van der Waals surface area (Å²) in [5.74, 6) is 1.54. The first-order chi connectivity index (χ1) is 18.6. The zero-order valence-electron chi connectivity index (χ0n) is 21.1. The van der Waals surface area contributed by atoms with Gasteiger partial charge in [-0.05, 0) is 73.4 Å². The fraction of sp³-hybridized carbons (Fsp3) is 0.200. The summed E-state index contributed by atoms with van der Waals surface area (Å²) in [5, 5.41) is 11.6. The van der Waals surface area contributed by atoms with Crippen LogP contribution in [0.15, 0.2) is 83.3 Å². The van der Waals surface area contributed by atoms with Crippen molar-refractivity contribution in [2.45, 2.75) is 32.4 Å². The number of benzene rings is 3. The van der Waals surface area contributed by atoms with Crippen molar-refractivity contribution < 1.29 is 9.53 Å². The minimum absolute atomic E-state index is 0.174. The Morgan fingerprint density at radius 2 is 1.71 bits per heavy atom. The lowest BCUT2D eigenvalue weighted by Gasteiger charge is -2.10. The fourth-order valence-electron chi connectivity index (χ4n) is 5.17. The number of aryl methyl sites for hydroxylation is 2. The van der Waals surface area contributed by atoms with Crippen molar-refractivity contribution in [1.29, 1.82) is 0 Å². The number of amides is 1. The minimum Gasteiger partial charge on any atom is -0.497 e. The normalized spacial score (nSPS) is 12.8. The van der Waals surface area contributed by atoms with E-state index in [1.54, 1.807) is 7.11 Å². The van der Waals surface area contributed by atoms with Crippen molar-refractivity contribution in [2.24, 2.45) is 0 Å². The zero-order valence-corrected chi connectivity index (χ0v) is 22.7. The Labute approximate surface area is 229 Å². The molecule has 0 atom stereocenters. The van der Waals surface area contributed by atoms with Crippen LogP contribution in [0.25, 0.3) is 16.8 Å². The molecule has 2 aromatic heterocycles. The third-order valence-electron chi connectivity index (χ3n) is 6.98. The van der Waals surface area contributed by atoms with Crippen molar-refractivity contribution in [2.75, 3.05) is 17.7 Å². The van der Waals surface area contributed by atoms with Crippen molar-refractivity contribution >= 4 is 38.9 Å². The average Bonchev–Trinajstić information content (AvgIpc) is 3.35. The van der Waals surface area contributed by atoms with Gasteiger partial charge < -0.3 is 19.9 Å². The molecule has 0 spiro atoms. The van der Waals surface area contributed by atoms with Gasteiger partial charge in [0.2, 0.25) is 0 Å². The van der Waals surface area contributed by atoms with Gasteiger partial charge >= 0.3 is 0 Å². The Hall–Kier alpha value is -4.04. The van der Waals surface area contributed by atoms with Crippen LogP contribution in [0.2, 0.25) is 0 Å². The van der Waals surface area contributed by atoms with E-state index >= 15 is 0 Å². The summed E-state index contributed by atoms with van der Waals surface area (Å²) < 4.78 is 10.4. The van der Waals surface area contributed by atoms with Crippen LogP contribution < -0.4 is 15.4 Å². The Morgan fingerprint density at radius 3 is 2.45 bits per heavy atom. The van der Waals surface area contributed by atoms with Crippen LogP contribution in [0.1, 0.15) is 34.7 Å². The van der Waals surface area contributed by atoms with E-state index in [0.29, 0.717) is 12.2 Å². The number of methoxy groups -OCH3 is 1. The minimum atomic E-state index is -0.174. The summed E-state index contributed by atoms with van der Waals surface area (Å²) in [6, 6.07) is 25.7. The molecule has 7 nitrogen and oxygen atoms in total. The number of anilines is 2. The maximum Gasteiger partial charge on any atom is 0.275 e. The molecule has 0 fully saturated rings. The van der Waals surface area contributed by atoms with Gasteiger partial charge in [0.25, 0.3) is 5.91 Å². The van der Waals surface area contributed by atoms with Gasteiger partial charge in [-0.3, -0.25) is 4.79 Å². The fourth-order valence-corrected chi connectivity index (χ4v) is 5.44. The monoisotopic (exact) mass is 569 g/mol. The maximum absolute atomic E-state index is 13.9. The largest absolute Gasteiger partial charge is 0.497 e. The summed E-state index contributed by atoms with van der Waals surface area (Å²) in [5.41, 5.74) is 6.47. The number of ether oxygens (including phenoxy) is 1. The van der Waals surface area contributed by atoms with Crippen LogP contribution in [-0.4, -0.2) is 27.2 Å². The molecule has 0 aliphatic carbocycles. The molecule has 1 amide bonds. The number of halogens is 1. The molecular formula is C30H28BrN5O2. The van der Waals surface area contributed by atoms with Gasteiger partial charge in [0.05, 0.1) is 13.7 Å². The third-order valence-corrected chi connectivity index (χ3v) is 7.51. The van der Waals surface area contributed by atoms with Gasteiger partial charge in [0.1, 0.15) is 17.1 Å². The third kappa shape index (κ3) is 4.56. The smallest absolute Gasteiger partial charge is 0.275 e. The van der Waals surface area contributed by atoms with Crippen LogP contribution in [0.4, 0.5) is 11.4 Å². The van der Waals surface area contributed by atoms with Crippen molar-refractivity contribution in [1.82, 2.24) is 14.2 Å². The summed E-state index contributed by atoms with van der Waals surface area (Å²) in [4.78, 5) is 13.9. The molecule has 3 aromatic carbocycles. The number of nitrogens with one attached hydrogen (secondary N) is 2. The van der Waals surface area contributed by atoms with Crippen molar-refractivity contribution in [3.8, 4) is 16.9 Å². The summed E-state index contributed by atoms with van der Waals surface area (Å²) in [6.07, 6.45) is 3.02. The molecule has 0 saturated carbocycles. The SMILES string of the molecule is COc1ccc(NCc2nn3c(C(=O)Nc4ccc(Br)cc4)c(-c4ccccc4)c4c3n2CCCC4)cc1. The molecule has 1 aliphatic heterocycles. The van der Waals surface area contributed by atoms with E-state index in [9.17, 15) is 4.79 Å². The van der Waals surface area contributed by atoms with Crippen LogP contribution in [0, 0.1) is 0 Å². The van der Waals surface area contributed by atoms with Gasteiger partial charge in [0.15, 0.2) is 5.82 Å². The van der Waals surface area contributed by atoms with E-state index in [1.165, 1.54) is 5.56 Å². The predicted molar refractivity (Wildman–Crippen MR) is 154 cm³/mol. The molecule has 38 heavy (non-hydrogen) atoms. The van der Waals surface area contributed by atoms with Crippen LogP contribution >= 0.6 is 15.9 Å². The standard InChI is InChI=1S/C30H28BrN5O2/c1-38-24-16-14-22(15-17-24)32-19-26-34-36-28(29(37)33-23-12-10-21(31)11-13-23)27(20-7-3-2-4-8-20)25-9-5-6-18-35(26)30(25)36/h2-4,7-8,10-17,32H,5-6,9,18-19H2,1H3,(H,33,37). The van der Waals surface area contributed by atoms with Crippen LogP contribution in [-0.2, 0) is 19.5 Å². The van der Waals surface area contributed by atoms with Gasteiger partial charge in [-0.15, -0.1) is 0 Å². The number of carbonyl (C=O) groups excluding carboxylic acids is 1. The quantitative estimate of drug-likeness (QED) is 0.227. The lowest BCUT2D eigenvalue weighted by Crippen LogP contribution is -2.16. The Bertz CT molecular complexity index is 1590. The van der Waals surface area contributed by atoms with E-state index in [2.05, 4.69) is 43.3 Å². The highest BCUT2D eigenvalue weighted by Gasteiger charge is 2.30. The van der Waals surface area contributed by atoms with E-state index < -0.39 is 0 Å².